The maximum atomic E-state index is 11.7. The van der Waals surface area contributed by atoms with E-state index >= 15 is 0 Å². The normalized spacial score (nSPS) is 37.9. The van der Waals surface area contributed by atoms with Crippen LogP contribution in [0.15, 0.2) is 9.98 Å². The summed E-state index contributed by atoms with van der Waals surface area (Å²) in [7, 11) is 7.94. The molecule has 9 heteroatoms. The maximum Gasteiger partial charge on any atom is 0.280 e. The van der Waals surface area contributed by atoms with Crippen molar-refractivity contribution < 1.29 is 23.7 Å². The topological polar surface area (TPSA) is 117 Å². The Morgan fingerprint density at radius 2 is 1.83 bits per heavy atom. The van der Waals surface area contributed by atoms with Gasteiger partial charge in [0.15, 0.2) is 0 Å². The lowest BCUT2D eigenvalue weighted by Crippen LogP contribution is -2.45. The number of nitrogens with one attached hydrogen (secondary N) is 1. The number of aliphatic imine (C=N–C) groups is 2. The smallest absolute Gasteiger partial charge is 0.280 e. The summed E-state index contributed by atoms with van der Waals surface area (Å²) in [5.74, 6) is -1.15. The van der Waals surface area contributed by atoms with Crippen LogP contribution in [0.2, 0.25) is 0 Å². The van der Waals surface area contributed by atoms with Crippen LogP contribution in [0.3, 0.4) is 0 Å². The molecule has 4 unspecified atom stereocenters. The minimum atomic E-state index is -1.01. The highest BCUT2D eigenvalue weighted by Gasteiger charge is 2.64. The van der Waals surface area contributed by atoms with Gasteiger partial charge in [0.2, 0.25) is 5.91 Å². The van der Waals surface area contributed by atoms with Crippen molar-refractivity contribution >= 4 is 11.9 Å². The predicted molar refractivity (Wildman–Crippen MR) is 87.8 cm³/mol. The first-order chi connectivity index (χ1) is 11.5. The average Bonchev–Trinajstić information content (AvgIpc) is 3.27. The van der Waals surface area contributed by atoms with Crippen molar-refractivity contribution in [2.75, 3.05) is 35.3 Å². The molecule has 0 aromatic rings. The summed E-state index contributed by atoms with van der Waals surface area (Å²) < 4.78 is 22.4. The van der Waals surface area contributed by atoms with E-state index < -0.39 is 5.97 Å². The number of ether oxygens (including phenoxy) is 4. The monoisotopic (exact) mass is 344 g/mol. The van der Waals surface area contributed by atoms with E-state index in [0.717, 1.165) is 0 Å². The third kappa shape index (κ3) is 4.18. The largest absolute Gasteiger partial charge is 0.368 e. The second kappa shape index (κ2) is 9.22. The number of nitrogens with zero attached hydrogens (tertiary/aromatic N) is 2. The van der Waals surface area contributed by atoms with Crippen LogP contribution in [0.1, 0.15) is 13.3 Å². The van der Waals surface area contributed by atoms with Crippen molar-refractivity contribution in [3.05, 3.63) is 0 Å². The fourth-order valence-electron chi connectivity index (χ4n) is 3.09. The predicted octanol–water partition coefficient (Wildman–Crippen LogP) is -0.381. The van der Waals surface area contributed by atoms with Gasteiger partial charge in [0.05, 0.1) is 24.1 Å². The molecule has 6 atom stereocenters. The molecule has 2 bridgehead atoms. The molecule has 3 heterocycles. The van der Waals surface area contributed by atoms with E-state index in [1.807, 2.05) is 0 Å². The van der Waals surface area contributed by atoms with E-state index in [9.17, 15) is 4.79 Å². The van der Waals surface area contributed by atoms with Crippen LogP contribution in [0.5, 0.6) is 0 Å². The molecule has 0 aromatic carbocycles. The molecule has 3 fully saturated rings. The molecule has 0 aromatic heterocycles. The first-order valence-corrected chi connectivity index (χ1v) is 7.78. The third-order valence-corrected chi connectivity index (χ3v) is 4.08. The molecule has 3 aliphatic rings. The van der Waals surface area contributed by atoms with E-state index in [-0.39, 0.29) is 36.2 Å². The van der Waals surface area contributed by atoms with Crippen LogP contribution in [0.4, 0.5) is 0 Å². The Bertz CT molecular complexity index is 476. The summed E-state index contributed by atoms with van der Waals surface area (Å²) in [5.41, 5.74) is 4.50. The highest BCUT2D eigenvalue weighted by atomic mass is 16.9. The number of carbonyl (C=O) groups excluding carboxylic acids is 1. The van der Waals surface area contributed by atoms with Crippen molar-refractivity contribution in [2.24, 2.45) is 21.6 Å². The Labute approximate surface area is 142 Å². The third-order valence-electron chi connectivity index (χ3n) is 4.08. The van der Waals surface area contributed by atoms with Crippen LogP contribution in [0, 0.1) is 5.92 Å². The van der Waals surface area contributed by atoms with Gasteiger partial charge in [0, 0.05) is 35.2 Å². The SMILES string of the molecule is CN.CN=C=NC.CNC(=O)C1CC2O[C@@H]1[C@H]1OC(C)(OC)OC21. The number of carbonyl (C=O) groups is 1. The van der Waals surface area contributed by atoms with Gasteiger partial charge in [-0.1, -0.05) is 0 Å². The Morgan fingerprint density at radius 1 is 1.25 bits per heavy atom. The highest BCUT2D eigenvalue weighted by Crippen LogP contribution is 2.48. The number of hydrogen-bond acceptors (Lipinski definition) is 8. The second-order valence-corrected chi connectivity index (χ2v) is 5.37. The molecular formula is C15H28N4O5. The summed E-state index contributed by atoms with van der Waals surface area (Å²) in [6.45, 7) is 1.74. The molecular weight excluding hydrogens is 316 g/mol. The molecule has 3 rings (SSSR count). The molecule has 3 saturated heterocycles. The lowest BCUT2D eigenvalue weighted by molar-refractivity contribution is -0.329. The van der Waals surface area contributed by atoms with Gasteiger partial charge in [-0.05, 0) is 13.5 Å². The maximum absolute atomic E-state index is 11.7. The van der Waals surface area contributed by atoms with Gasteiger partial charge in [-0.25, -0.2) is 9.98 Å². The molecule has 3 aliphatic heterocycles. The summed E-state index contributed by atoms with van der Waals surface area (Å²) in [6.07, 6.45) is 0.0762. The van der Waals surface area contributed by atoms with Crippen LogP contribution >= 0.6 is 0 Å². The zero-order valence-corrected chi connectivity index (χ0v) is 15.1. The fraction of sp³-hybridized carbons (Fsp3) is 0.867. The van der Waals surface area contributed by atoms with E-state index in [2.05, 4.69) is 27.0 Å². The molecule has 0 radical (unpaired) electrons. The number of nitrogens with two attached hydrogens (primary N) is 1. The Hall–Kier alpha value is -1.35. The lowest BCUT2D eigenvalue weighted by Gasteiger charge is -2.24. The van der Waals surface area contributed by atoms with E-state index in [1.165, 1.54) is 7.05 Å². The van der Waals surface area contributed by atoms with Crippen molar-refractivity contribution in [3.8, 4) is 0 Å². The Balaban J connectivity index is 0.000000356. The Kier molecular flexibility index (Phi) is 7.95. The standard InChI is InChI=1S/C11H17NO5.C3H6N2.CH5N/c1-11(14-3)16-8-6-4-5(10(13)12-2)7(15-6)9(8)17-11;1-4-3-5-2;1-2/h5-9H,4H2,1-3H3,(H,12,13);1-2H3;2H2,1H3/t5?,6?,7-,8?,9+,11?;;/m0../s1. The minimum absolute atomic E-state index is 0.00516. The van der Waals surface area contributed by atoms with Crippen molar-refractivity contribution in [1.29, 1.82) is 0 Å². The number of amides is 1. The minimum Gasteiger partial charge on any atom is -0.368 e. The number of rotatable bonds is 2. The van der Waals surface area contributed by atoms with Crippen LogP contribution in [-0.2, 0) is 23.7 Å². The molecule has 0 saturated carbocycles. The van der Waals surface area contributed by atoms with Gasteiger partial charge < -0.3 is 30.0 Å². The highest BCUT2D eigenvalue weighted by molar-refractivity contribution is 5.79. The Morgan fingerprint density at radius 3 is 2.29 bits per heavy atom. The lowest BCUT2D eigenvalue weighted by atomic mass is 9.85. The molecule has 9 nitrogen and oxygen atoms in total. The van der Waals surface area contributed by atoms with Crippen LogP contribution < -0.4 is 11.1 Å². The van der Waals surface area contributed by atoms with E-state index in [0.29, 0.717) is 6.42 Å². The van der Waals surface area contributed by atoms with Gasteiger partial charge in [-0.2, -0.15) is 0 Å². The van der Waals surface area contributed by atoms with Crippen LogP contribution in [0.25, 0.3) is 0 Å². The number of fused-ring (bicyclic) bond motifs is 5. The summed E-state index contributed by atoms with van der Waals surface area (Å²) in [6, 6.07) is 2.36. The van der Waals surface area contributed by atoms with Gasteiger partial charge in [-0.15, -0.1) is 0 Å². The fourth-order valence-corrected chi connectivity index (χ4v) is 3.09. The molecule has 0 spiro atoms. The summed E-state index contributed by atoms with van der Waals surface area (Å²) >= 11 is 0. The molecule has 0 aliphatic carbocycles. The average molecular weight is 344 g/mol. The van der Waals surface area contributed by atoms with Gasteiger partial charge in [-0.3, -0.25) is 4.79 Å². The quantitative estimate of drug-likeness (QED) is 0.660. The molecule has 3 N–H and O–H groups in total. The first-order valence-electron chi connectivity index (χ1n) is 7.78. The molecule has 138 valence electrons. The van der Waals surface area contributed by atoms with Crippen molar-refractivity contribution in [1.82, 2.24) is 5.32 Å². The van der Waals surface area contributed by atoms with E-state index in [1.54, 1.807) is 35.2 Å². The first kappa shape index (κ1) is 20.7. The van der Waals surface area contributed by atoms with Gasteiger partial charge in [0.1, 0.15) is 12.2 Å². The zero-order chi connectivity index (χ0) is 18.3. The van der Waals surface area contributed by atoms with E-state index in [4.69, 9.17) is 18.9 Å². The second-order valence-electron chi connectivity index (χ2n) is 5.37. The van der Waals surface area contributed by atoms with Crippen LogP contribution in [-0.4, -0.2) is 77.6 Å². The number of methoxy groups -OCH3 is 1. The molecule has 1 amide bonds. The summed E-state index contributed by atoms with van der Waals surface area (Å²) in [4.78, 5) is 18.6. The van der Waals surface area contributed by atoms with Gasteiger partial charge in [0.25, 0.3) is 5.97 Å². The van der Waals surface area contributed by atoms with Crippen molar-refractivity contribution in [3.63, 3.8) is 0 Å². The summed E-state index contributed by atoms with van der Waals surface area (Å²) in [5, 5.41) is 2.66. The number of hydrogen-bond donors (Lipinski definition) is 2. The zero-order valence-electron chi connectivity index (χ0n) is 15.1. The molecule has 24 heavy (non-hydrogen) atoms. The van der Waals surface area contributed by atoms with Crippen molar-refractivity contribution in [2.45, 2.75) is 43.7 Å². The van der Waals surface area contributed by atoms with Gasteiger partial charge >= 0.3 is 0 Å².